The maximum Gasteiger partial charge on any atom is 0.273 e. The molecular formula is C26H29FN8O. The molecule has 6 rings (SSSR count). The minimum Gasteiger partial charge on any atom is -0.346 e. The summed E-state index contributed by atoms with van der Waals surface area (Å²) in [6, 6.07) is 5.59. The lowest BCUT2D eigenvalue weighted by atomic mass is 10.0. The number of unbranched alkanes of at least 4 members (excludes halogenated alkanes) is 1. The van der Waals surface area contributed by atoms with Crippen molar-refractivity contribution in [1.29, 1.82) is 0 Å². The van der Waals surface area contributed by atoms with Crippen molar-refractivity contribution < 1.29 is 9.18 Å². The van der Waals surface area contributed by atoms with Crippen molar-refractivity contribution in [2.45, 2.75) is 76.5 Å². The van der Waals surface area contributed by atoms with Crippen LogP contribution < -0.4 is 5.32 Å². The summed E-state index contributed by atoms with van der Waals surface area (Å²) in [5.41, 5.74) is 6.31. The van der Waals surface area contributed by atoms with E-state index in [1.807, 2.05) is 0 Å². The number of carbonyl (C=O) groups excluding carboxylic acids is 1. The highest BCUT2D eigenvalue weighted by atomic mass is 19.1. The first-order chi connectivity index (χ1) is 17.7. The Kier molecular flexibility index (Phi) is 6.16. The van der Waals surface area contributed by atoms with Crippen molar-refractivity contribution in [2.75, 3.05) is 0 Å². The molecule has 36 heavy (non-hydrogen) atoms. The molecule has 0 aliphatic heterocycles. The van der Waals surface area contributed by atoms with Gasteiger partial charge < -0.3 is 10.3 Å². The highest BCUT2D eigenvalue weighted by molar-refractivity contribution is 5.91. The van der Waals surface area contributed by atoms with E-state index in [-0.39, 0.29) is 11.6 Å². The van der Waals surface area contributed by atoms with E-state index in [1.165, 1.54) is 42.3 Å². The van der Waals surface area contributed by atoms with Gasteiger partial charge in [0.1, 0.15) is 6.67 Å². The van der Waals surface area contributed by atoms with Crippen LogP contribution in [0.2, 0.25) is 0 Å². The van der Waals surface area contributed by atoms with E-state index < -0.39 is 6.67 Å². The van der Waals surface area contributed by atoms with Crippen LogP contribution in [0.25, 0.3) is 11.0 Å². The molecule has 2 aliphatic carbocycles. The van der Waals surface area contributed by atoms with Crippen LogP contribution in [0.1, 0.15) is 89.1 Å². The molecule has 186 valence electrons. The van der Waals surface area contributed by atoms with Crippen molar-refractivity contribution in [1.82, 2.24) is 40.5 Å². The number of H-pyrrole nitrogens is 1. The van der Waals surface area contributed by atoms with Crippen LogP contribution in [-0.2, 0) is 26.2 Å². The first-order valence-electron chi connectivity index (χ1n) is 12.7. The number of fused-ring (bicyclic) bond motifs is 1. The number of nitrogens with zero attached hydrogens (tertiary/aromatic N) is 6. The standard InChI is InChI=1S/C26H29FN8O/c27-12-20-9-4-16(13-28-20)14-29-26(36)22-15-35(34-32-22)10-2-1-3-19-11-21-23(17-5-6-17)24(18-7-8-18)30-25(21)33-31-19/h4,9,11,13,15,17-18H,1-3,5-8,10,12,14H2,(H,29,36)(H,30,33). The van der Waals surface area contributed by atoms with Crippen LogP contribution in [0, 0.1) is 0 Å². The number of halogens is 1. The number of rotatable bonds is 11. The Bertz CT molecular complexity index is 1370. The van der Waals surface area contributed by atoms with Gasteiger partial charge in [-0.05, 0) is 80.0 Å². The van der Waals surface area contributed by atoms with Gasteiger partial charge in [0.05, 0.1) is 17.6 Å². The minimum atomic E-state index is -0.603. The van der Waals surface area contributed by atoms with Gasteiger partial charge in [0.2, 0.25) is 0 Å². The summed E-state index contributed by atoms with van der Waals surface area (Å²) in [4.78, 5) is 19.9. The first kappa shape index (κ1) is 22.8. The van der Waals surface area contributed by atoms with Crippen molar-refractivity contribution in [3.8, 4) is 0 Å². The van der Waals surface area contributed by atoms with Gasteiger partial charge in [0.15, 0.2) is 11.3 Å². The van der Waals surface area contributed by atoms with Gasteiger partial charge in [-0.3, -0.25) is 14.5 Å². The van der Waals surface area contributed by atoms with Gasteiger partial charge in [0.25, 0.3) is 5.91 Å². The van der Waals surface area contributed by atoms with E-state index in [0.717, 1.165) is 36.2 Å². The number of hydrogen-bond acceptors (Lipinski definition) is 6. The summed E-state index contributed by atoms with van der Waals surface area (Å²) in [6.45, 7) is 0.365. The smallest absolute Gasteiger partial charge is 0.273 e. The number of aromatic amines is 1. The van der Waals surface area contributed by atoms with E-state index in [2.05, 4.69) is 41.9 Å². The predicted octanol–water partition coefficient (Wildman–Crippen LogP) is 4.12. The molecule has 0 spiro atoms. The molecule has 0 saturated heterocycles. The maximum absolute atomic E-state index is 12.6. The van der Waals surface area contributed by atoms with E-state index in [1.54, 1.807) is 29.2 Å². The zero-order chi connectivity index (χ0) is 24.5. The largest absolute Gasteiger partial charge is 0.346 e. The SMILES string of the molecule is O=C(NCc1ccc(CF)nc1)c1cn(CCCCc2cc3c(C4CC4)c(C4CC4)[nH]c3nn2)nn1. The molecule has 0 bridgehead atoms. The number of nitrogens with one attached hydrogen (secondary N) is 2. The van der Waals surface area contributed by atoms with Crippen LogP contribution in [0.3, 0.4) is 0 Å². The Hall–Kier alpha value is -3.69. The van der Waals surface area contributed by atoms with Gasteiger partial charge in [-0.2, -0.15) is 5.10 Å². The van der Waals surface area contributed by atoms with Crippen molar-refractivity contribution >= 4 is 16.9 Å². The van der Waals surface area contributed by atoms with E-state index in [0.29, 0.717) is 30.6 Å². The van der Waals surface area contributed by atoms with Gasteiger partial charge in [-0.1, -0.05) is 11.3 Å². The average molecular weight is 489 g/mol. The molecule has 4 aromatic rings. The predicted molar refractivity (Wildman–Crippen MR) is 131 cm³/mol. The fourth-order valence-corrected chi connectivity index (χ4v) is 4.70. The fourth-order valence-electron chi connectivity index (χ4n) is 4.70. The zero-order valence-corrected chi connectivity index (χ0v) is 20.1. The summed E-state index contributed by atoms with van der Waals surface area (Å²) in [7, 11) is 0. The normalized spacial score (nSPS) is 15.5. The quantitative estimate of drug-likeness (QED) is 0.307. The van der Waals surface area contributed by atoms with Crippen molar-refractivity contribution in [2.24, 2.45) is 0 Å². The first-order valence-corrected chi connectivity index (χ1v) is 12.7. The minimum absolute atomic E-state index is 0.270. The van der Waals surface area contributed by atoms with Crippen LogP contribution in [-0.4, -0.2) is 41.1 Å². The Balaban J connectivity index is 0.996. The average Bonchev–Trinajstić information content (AvgIpc) is 3.85. The lowest BCUT2D eigenvalue weighted by Gasteiger charge is -2.04. The maximum atomic E-state index is 12.6. The molecule has 2 saturated carbocycles. The Morgan fingerprint density at radius 1 is 1.08 bits per heavy atom. The van der Waals surface area contributed by atoms with Gasteiger partial charge in [-0.15, -0.1) is 10.2 Å². The molecule has 2 aliphatic rings. The second-order valence-corrected chi connectivity index (χ2v) is 9.90. The molecule has 4 heterocycles. The van der Waals surface area contributed by atoms with Crippen molar-refractivity contribution in [3.63, 3.8) is 0 Å². The van der Waals surface area contributed by atoms with Gasteiger partial charge >= 0.3 is 0 Å². The summed E-state index contributed by atoms with van der Waals surface area (Å²) >= 11 is 0. The number of alkyl halides is 1. The highest BCUT2D eigenvalue weighted by Crippen LogP contribution is 2.51. The Morgan fingerprint density at radius 3 is 2.69 bits per heavy atom. The molecule has 1 amide bonds. The number of carbonyl (C=O) groups is 1. The zero-order valence-electron chi connectivity index (χ0n) is 20.1. The van der Waals surface area contributed by atoms with E-state index >= 15 is 0 Å². The van der Waals surface area contributed by atoms with Gasteiger partial charge in [-0.25, -0.2) is 4.39 Å². The summed E-state index contributed by atoms with van der Waals surface area (Å²) in [5.74, 6) is 1.09. The van der Waals surface area contributed by atoms with Crippen LogP contribution in [0.4, 0.5) is 4.39 Å². The highest BCUT2D eigenvalue weighted by Gasteiger charge is 2.36. The number of amides is 1. The van der Waals surface area contributed by atoms with Crippen LogP contribution >= 0.6 is 0 Å². The summed E-state index contributed by atoms with van der Waals surface area (Å²) in [5, 5.41) is 21.1. The molecule has 4 aromatic heterocycles. The lowest BCUT2D eigenvalue weighted by molar-refractivity contribution is 0.0945. The molecule has 0 unspecified atom stereocenters. The molecule has 9 nitrogen and oxygen atoms in total. The fraction of sp³-hybridized carbons (Fsp3) is 0.462. The number of hydrogen-bond donors (Lipinski definition) is 2. The van der Waals surface area contributed by atoms with Crippen molar-refractivity contribution in [3.05, 3.63) is 64.5 Å². The lowest BCUT2D eigenvalue weighted by Crippen LogP contribution is -2.23. The second-order valence-electron chi connectivity index (χ2n) is 9.90. The molecular weight excluding hydrogens is 459 g/mol. The Labute approximate surface area is 207 Å². The van der Waals surface area contributed by atoms with Crippen LogP contribution in [0.15, 0.2) is 30.6 Å². The van der Waals surface area contributed by atoms with Gasteiger partial charge in [0, 0.05) is 30.4 Å². The third-order valence-electron chi connectivity index (χ3n) is 6.97. The topological polar surface area (TPSA) is 114 Å². The summed E-state index contributed by atoms with van der Waals surface area (Å²) in [6.07, 6.45) is 11.1. The number of pyridine rings is 1. The second kappa shape index (κ2) is 9.75. The summed E-state index contributed by atoms with van der Waals surface area (Å²) < 4.78 is 14.3. The third kappa shape index (κ3) is 4.98. The number of aromatic nitrogens is 7. The molecule has 2 N–H and O–H groups in total. The molecule has 0 radical (unpaired) electrons. The number of aryl methyl sites for hydroxylation is 2. The van der Waals surface area contributed by atoms with Crippen LogP contribution in [0.5, 0.6) is 0 Å². The Morgan fingerprint density at radius 2 is 1.94 bits per heavy atom. The molecule has 2 fully saturated rings. The molecule has 0 atom stereocenters. The third-order valence-corrected chi connectivity index (χ3v) is 6.97. The van der Waals surface area contributed by atoms with E-state index in [4.69, 9.17) is 0 Å². The van der Waals surface area contributed by atoms with E-state index in [9.17, 15) is 9.18 Å². The monoisotopic (exact) mass is 488 g/mol. The molecule has 10 heteroatoms. The molecule has 0 aromatic carbocycles.